The minimum atomic E-state index is -0.503. The lowest BCUT2D eigenvalue weighted by atomic mass is 10.1. The number of hydrogen-bond donors (Lipinski definition) is 1. The van der Waals surface area contributed by atoms with Crippen LogP contribution in [-0.2, 0) is 18.9 Å². The molecule has 5 nitrogen and oxygen atoms in total. The molecular weight excluding hydrogens is 200 g/mol. The predicted molar refractivity (Wildman–Crippen MR) is 49.6 cm³/mol. The van der Waals surface area contributed by atoms with Crippen molar-refractivity contribution >= 4 is 0 Å². The van der Waals surface area contributed by atoms with E-state index in [1.807, 2.05) is 6.92 Å². The van der Waals surface area contributed by atoms with Crippen LogP contribution in [0.1, 0.15) is 6.92 Å². The molecule has 3 aliphatic rings. The van der Waals surface area contributed by atoms with Crippen LogP contribution in [0.2, 0.25) is 0 Å². The molecule has 5 unspecified atom stereocenters. The van der Waals surface area contributed by atoms with Crippen LogP contribution in [-0.4, -0.2) is 61.6 Å². The average Bonchev–Trinajstić information content (AvgIpc) is 2.69. The largest absolute Gasteiger partial charge is 0.388 e. The first-order valence-corrected chi connectivity index (χ1v) is 5.35. The quantitative estimate of drug-likeness (QED) is 0.633. The monoisotopic (exact) mass is 216 g/mol. The lowest BCUT2D eigenvalue weighted by Gasteiger charge is -2.17. The lowest BCUT2D eigenvalue weighted by Crippen LogP contribution is -2.34. The van der Waals surface area contributed by atoms with E-state index in [1.54, 1.807) is 0 Å². The van der Waals surface area contributed by atoms with Gasteiger partial charge in [0.15, 0.2) is 0 Å². The van der Waals surface area contributed by atoms with Gasteiger partial charge in [0.25, 0.3) is 0 Å². The highest BCUT2D eigenvalue weighted by molar-refractivity contribution is 4.96. The molecule has 86 valence electrons. The summed E-state index contributed by atoms with van der Waals surface area (Å²) in [5.41, 5.74) is -0.102. The molecule has 0 aromatic rings. The number of hydrogen-bond acceptors (Lipinski definition) is 5. The van der Waals surface area contributed by atoms with Crippen molar-refractivity contribution in [2.75, 3.05) is 26.4 Å². The molecule has 5 heteroatoms. The van der Waals surface area contributed by atoms with Gasteiger partial charge >= 0.3 is 0 Å². The molecule has 0 aromatic heterocycles. The van der Waals surface area contributed by atoms with E-state index in [4.69, 9.17) is 18.9 Å². The van der Waals surface area contributed by atoms with Gasteiger partial charge in [0.1, 0.15) is 30.0 Å². The first kappa shape index (κ1) is 9.99. The topological polar surface area (TPSA) is 60.5 Å². The van der Waals surface area contributed by atoms with Crippen LogP contribution in [0.25, 0.3) is 0 Å². The second kappa shape index (κ2) is 3.40. The number of aliphatic hydroxyl groups is 1. The fourth-order valence-corrected chi connectivity index (χ4v) is 2.08. The molecule has 0 aromatic carbocycles. The Morgan fingerprint density at radius 2 is 2.07 bits per heavy atom. The van der Waals surface area contributed by atoms with Gasteiger partial charge in [-0.05, 0) is 6.92 Å². The summed E-state index contributed by atoms with van der Waals surface area (Å²) < 4.78 is 21.8. The van der Waals surface area contributed by atoms with E-state index < -0.39 is 6.10 Å². The van der Waals surface area contributed by atoms with E-state index in [1.165, 1.54) is 0 Å². The van der Waals surface area contributed by atoms with E-state index in [9.17, 15) is 5.11 Å². The minimum absolute atomic E-state index is 0.0619. The maximum Gasteiger partial charge on any atom is 0.115 e. The summed E-state index contributed by atoms with van der Waals surface area (Å²) in [5.74, 6) is 0. The minimum Gasteiger partial charge on any atom is -0.388 e. The van der Waals surface area contributed by atoms with Gasteiger partial charge in [-0.15, -0.1) is 0 Å². The van der Waals surface area contributed by atoms with E-state index in [2.05, 4.69) is 0 Å². The van der Waals surface area contributed by atoms with Crippen LogP contribution in [0, 0.1) is 0 Å². The Morgan fingerprint density at radius 1 is 1.33 bits per heavy atom. The lowest BCUT2D eigenvalue weighted by molar-refractivity contribution is -0.0497. The number of epoxide rings is 1. The van der Waals surface area contributed by atoms with Crippen molar-refractivity contribution in [1.82, 2.24) is 0 Å². The zero-order chi connectivity index (χ0) is 10.5. The second-order valence-corrected chi connectivity index (χ2v) is 4.75. The fourth-order valence-electron chi connectivity index (χ4n) is 2.08. The molecule has 3 rings (SSSR count). The Balaban J connectivity index is 1.54. The maximum atomic E-state index is 9.53. The van der Waals surface area contributed by atoms with Crippen LogP contribution in [0.3, 0.4) is 0 Å². The number of aliphatic hydroxyl groups excluding tert-OH is 1. The molecule has 15 heavy (non-hydrogen) atoms. The van der Waals surface area contributed by atoms with Crippen LogP contribution in [0.4, 0.5) is 0 Å². The number of ether oxygens (including phenoxy) is 4. The van der Waals surface area contributed by atoms with Crippen molar-refractivity contribution in [3.63, 3.8) is 0 Å². The van der Waals surface area contributed by atoms with Crippen molar-refractivity contribution in [1.29, 1.82) is 0 Å². The number of rotatable bonds is 3. The average molecular weight is 216 g/mol. The summed E-state index contributed by atoms with van der Waals surface area (Å²) >= 11 is 0. The fraction of sp³-hybridized carbons (Fsp3) is 1.00. The molecule has 3 heterocycles. The molecule has 3 fully saturated rings. The van der Waals surface area contributed by atoms with E-state index in [0.29, 0.717) is 19.8 Å². The standard InChI is InChI=1S/C10H16O5/c1-10(5-15-10)4-14-7-3-13-8-6(11)2-12-9(7)8/h6-9,11H,2-5H2,1H3. The Bertz CT molecular complexity index is 252. The molecule has 3 saturated heterocycles. The summed E-state index contributed by atoms with van der Waals surface area (Å²) in [6.07, 6.45) is -0.880. The second-order valence-electron chi connectivity index (χ2n) is 4.75. The molecule has 3 aliphatic heterocycles. The summed E-state index contributed by atoms with van der Waals surface area (Å²) in [4.78, 5) is 0. The van der Waals surface area contributed by atoms with Crippen molar-refractivity contribution < 1.29 is 24.1 Å². The number of fused-ring (bicyclic) bond motifs is 1. The first-order chi connectivity index (χ1) is 7.18. The first-order valence-electron chi connectivity index (χ1n) is 5.35. The summed E-state index contributed by atoms with van der Waals surface area (Å²) in [5, 5.41) is 9.53. The van der Waals surface area contributed by atoms with Crippen LogP contribution in [0.15, 0.2) is 0 Å². The highest BCUT2D eigenvalue weighted by Gasteiger charge is 2.49. The van der Waals surface area contributed by atoms with Crippen LogP contribution in [0.5, 0.6) is 0 Å². The highest BCUT2D eigenvalue weighted by Crippen LogP contribution is 2.31. The molecular formula is C10H16O5. The maximum absolute atomic E-state index is 9.53. The molecule has 0 bridgehead atoms. The van der Waals surface area contributed by atoms with E-state index >= 15 is 0 Å². The zero-order valence-electron chi connectivity index (χ0n) is 8.72. The highest BCUT2D eigenvalue weighted by atomic mass is 16.6. The third kappa shape index (κ3) is 1.79. The summed E-state index contributed by atoms with van der Waals surface area (Å²) in [7, 11) is 0. The van der Waals surface area contributed by atoms with Crippen LogP contribution < -0.4 is 0 Å². The molecule has 0 spiro atoms. The molecule has 0 aliphatic carbocycles. The van der Waals surface area contributed by atoms with Crippen molar-refractivity contribution in [2.24, 2.45) is 0 Å². The predicted octanol–water partition coefficient (Wildman–Crippen LogP) is -0.681. The van der Waals surface area contributed by atoms with Gasteiger partial charge in [0.2, 0.25) is 0 Å². The molecule has 0 amide bonds. The molecule has 1 N–H and O–H groups in total. The Kier molecular flexibility index (Phi) is 2.26. The Labute approximate surface area is 88.3 Å². The third-order valence-electron chi connectivity index (χ3n) is 3.22. The summed E-state index contributed by atoms with van der Waals surface area (Å²) in [6.45, 7) is 4.21. The van der Waals surface area contributed by atoms with E-state index in [0.717, 1.165) is 6.61 Å². The van der Waals surface area contributed by atoms with Gasteiger partial charge in [0.05, 0.1) is 26.4 Å². The van der Waals surface area contributed by atoms with Gasteiger partial charge in [-0.25, -0.2) is 0 Å². The zero-order valence-corrected chi connectivity index (χ0v) is 8.72. The SMILES string of the molecule is CC1(COC2COC3C(O)COC23)CO1. The molecule has 5 atom stereocenters. The van der Waals surface area contributed by atoms with Gasteiger partial charge in [-0.3, -0.25) is 0 Å². The van der Waals surface area contributed by atoms with Gasteiger partial charge < -0.3 is 24.1 Å². The van der Waals surface area contributed by atoms with Crippen molar-refractivity contribution in [3.05, 3.63) is 0 Å². The van der Waals surface area contributed by atoms with E-state index in [-0.39, 0.29) is 23.9 Å². The Hall–Kier alpha value is -0.200. The van der Waals surface area contributed by atoms with Crippen LogP contribution >= 0.6 is 0 Å². The summed E-state index contributed by atoms with van der Waals surface area (Å²) in [6, 6.07) is 0. The molecule has 0 saturated carbocycles. The Morgan fingerprint density at radius 3 is 2.80 bits per heavy atom. The normalized spacial score (nSPS) is 53.2. The van der Waals surface area contributed by atoms with Crippen molar-refractivity contribution in [3.8, 4) is 0 Å². The smallest absolute Gasteiger partial charge is 0.115 e. The van der Waals surface area contributed by atoms with Gasteiger partial charge in [0, 0.05) is 0 Å². The molecule has 0 radical (unpaired) electrons. The van der Waals surface area contributed by atoms with Crippen molar-refractivity contribution in [2.45, 2.75) is 36.9 Å². The third-order valence-corrected chi connectivity index (χ3v) is 3.22. The van der Waals surface area contributed by atoms with Gasteiger partial charge in [-0.2, -0.15) is 0 Å². The van der Waals surface area contributed by atoms with Gasteiger partial charge in [-0.1, -0.05) is 0 Å².